The van der Waals surface area contributed by atoms with Crippen LogP contribution in [-0.4, -0.2) is 58.0 Å². The summed E-state index contributed by atoms with van der Waals surface area (Å²) < 4.78 is 23.0. The number of halogens is 1. The van der Waals surface area contributed by atoms with Crippen LogP contribution in [0.5, 0.6) is 0 Å². The van der Waals surface area contributed by atoms with Crippen molar-refractivity contribution in [3.63, 3.8) is 0 Å². The van der Waals surface area contributed by atoms with Crippen molar-refractivity contribution >= 4 is 45.7 Å². The maximum atomic E-state index is 12.1. The van der Waals surface area contributed by atoms with Crippen LogP contribution in [0.15, 0.2) is 35.3 Å². The molecule has 1 heterocycles. The van der Waals surface area contributed by atoms with E-state index in [0.29, 0.717) is 18.9 Å². The third-order valence-corrected chi connectivity index (χ3v) is 7.57. The zero-order valence-corrected chi connectivity index (χ0v) is 21.3. The first-order valence-electron chi connectivity index (χ1n) is 10.3. The number of nitrogens with one attached hydrogen (secondary N) is 3. The van der Waals surface area contributed by atoms with Crippen LogP contribution < -0.4 is 16.0 Å². The maximum absolute atomic E-state index is 12.1. The Hall–Kier alpha value is -1.36. The molecular weight excluding hydrogens is 515 g/mol. The fourth-order valence-corrected chi connectivity index (χ4v) is 5.45. The summed E-state index contributed by atoms with van der Waals surface area (Å²) in [4.78, 5) is 16.3. The molecule has 0 radical (unpaired) electrons. The van der Waals surface area contributed by atoms with Crippen molar-refractivity contribution in [3.05, 3.63) is 35.9 Å². The van der Waals surface area contributed by atoms with Crippen LogP contribution in [0.1, 0.15) is 45.1 Å². The lowest BCUT2D eigenvalue weighted by Crippen LogP contribution is -2.46. The minimum atomic E-state index is -2.99. The van der Waals surface area contributed by atoms with Gasteiger partial charge in [0, 0.05) is 38.0 Å². The van der Waals surface area contributed by atoms with Crippen LogP contribution in [0, 0.1) is 0 Å². The Morgan fingerprint density at radius 3 is 2.37 bits per heavy atom. The molecule has 2 rings (SSSR count). The van der Waals surface area contributed by atoms with Crippen LogP contribution in [-0.2, 0) is 20.0 Å². The molecule has 1 unspecified atom stereocenters. The monoisotopic (exact) mass is 550 g/mol. The molecule has 0 saturated carbocycles. The molecular formula is C21H35IN4O3S. The van der Waals surface area contributed by atoms with Gasteiger partial charge < -0.3 is 16.0 Å². The highest BCUT2D eigenvalue weighted by atomic mass is 127. The number of hydrogen-bond donors (Lipinski definition) is 3. The van der Waals surface area contributed by atoms with Gasteiger partial charge in [-0.05, 0) is 24.8 Å². The van der Waals surface area contributed by atoms with Gasteiger partial charge in [0.05, 0.1) is 11.5 Å². The molecule has 0 bridgehead atoms. The average Bonchev–Trinajstić information content (AvgIpc) is 3.06. The summed E-state index contributed by atoms with van der Waals surface area (Å²) in [6.45, 7) is 5.57. The van der Waals surface area contributed by atoms with E-state index in [0.717, 1.165) is 19.4 Å². The molecule has 3 N–H and O–H groups in total. The molecule has 1 aliphatic heterocycles. The van der Waals surface area contributed by atoms with E-state index in [1.54, 1.807) is 7.05 Å². The van der Waals surface area contributed by atoms with Crippen LogP contribution in [0.4, 0.5) is 0 Å². The van der Waals surface area contributed by atoms with Crippen molar-refractivity contribution in [2.75, 3.05) is 31.6 Å². The minimum absolute atomic E-state index is 0. The van der Waals surface area contributed by atoms with Crippen LogP contribution in [0.3, 0.4) is 0 Å². The van der Waals surface area contributed by atoms with E-state index < -0.39 is 9.84 Å². The summed E-state index contributed by atoms with van der Waals surface area (Å²) in [7, 11) is -1.28. The summed E-state index contributed by atoms with van der Waals surface area (Å²) in [5.41, 5.74) is 1.32. The van der Waals surface area contributed by atoms with E-state index >= 15 is 0 Å². The quantitative estimate of drug-likeness (QED) is 0.249. The SMILES string of the molecule is CCC(CC)(CNC(=NC)NCCC(=O)NC1CCS(=O)(=O)C1)c1ccccc1.I. The molecule has 30 heavy (non-hydrogen) atoms. The molecule has 0 aliphatic carbocycles. The number of carbonyl (C=O) groups excluding carboxylic acids is 1. The molecule has 0 aromatic heterocycles. The third-order valence-electron chi connectivity index (χ3n) is 5.80. The third kappa shape index (κ3) is 7.72. The first-order chi connectivity index (χ1) is 13.8. The Bertz CT molecular complexity index is 796. The van der Waals surface area contributed by atoms with Crippen molar-refractivity contribution in [1.29, 1.82) is 0 Å². The number of guanidine groups is 1. The number of sulfone groups is 1. The van der Waals surface area contributed by atoms with Crippen LogP contribution >= 0.6 is 24.0 Å². The van der Waals surface area contributed by atoms with E-state index in [2.05, 4.69) is 59.1 Å². The van der Waals surface area contributed by atoms with Crippen molar-refractivity contribution in [3.8, 4) is 0 Å². The van der Waals surface area contributed by atoms with E-state index in [4.69, 9.17) is 0 Å². The topological polar surface area (TPSA) is 99.7 Å². The highest BCUT2D eigenvalue weighted by Crippen LogP contribution is 2.30. The van der Waals surface area contributed by atoms with Gasteiger partial charge in [-0.25, -0.2) is 8.42 Å². The number of hydrogen-bond acceptors (Lipinski definition) is 4. The standard InChI is InChI=1S/C21H34N4O3S.HI/c1-4-21(5-2,17-9-7-6-8-10-17)16-24-20(22-3)23-13-11-19(26)25-18-12-14-29(27,28)15-18;/h6-10,18H,4-5,11-16H2,1-3H3,(H,25,26)(H2,22,23,24);1H. The summed E-state index contributed by atoms with van der Waals surface area (Å²) in [5.74, 6) is 0.717. The maximum Gasteiger partial charge on any atom is 0.222 e. The highest BCUT2D eigenvalue weighted by Gasteiger charge is 2.29. The van der Waals surface area contributed by atoms with Gasteiger partial charge in [-0.2, -0.15) is 0 Å². The molecule has 1 atom stereocenters. The smallest absolute Gasteiger partial charge is 0.222 e. The zero-order chi connectivity index (χ0) is 21.3. The molecule has 1 aromatic rings. The lowest BCUT2D eigenvalue weighted by atomic mass is 9.76. The number of carbonyl (C=O) groups is 1. The highest BCUT2D eigenvalue weighted by molar-refractivity contribution is 14.0. The molecule has 1 amide bonds. The first-order valence-corrected chi connectivity index (χ1v) is 12.2. The van der Waals surface area contributed by atoms with Crippen molar-refractivity contribution < 1.29 is 13.2 Å². The second-order valence-electron chi connectivity index (χ2n) is 7.62. The Morgan fingerprint density at radius 2 is 1.83 bits per heavy atom. The minimum Gasteiger partial charge on any atom is -0.356 e. The summed E-state index contributed by atoms with van der Waals surface area (Å²) in [5, 5.41) is 9.37. The van der Waals surface area contributed by atoms with E-state index in [1.807, 2.05) is 6.07 Å². The molecule has 7 nitrogen and oxygen atoms in total. The Balaban J connectivity index is 0.00000450. The molecule has 1 saturated heterocycles. The fourth-order valence-electron chi connectivity index (χ4n) is 3.78. The Labute approximate surface area is 197 Å². The summed E-state index contributed by atoms with van der Waals surface area (Å²) >= 11 is 0. The second-order valence-corrected chi connectivity index (χ2v) is 9.85. The Kier molecular flexibility index (Phi) is 11.1. The van der Waals surface area contributed by atoms with E-state index in [9.17, 15) is 13.2 Å². The number of amides is 1. The van der Waals surface area contributed by atoms with Gasteiger partial charge in [-0.15, -0.1) is 24.0 Å². The van der Waals surface area contributed by atoms with Crippen molar-refractivity contribution in [2.45, 2.75) is 51.0 Å². The first kappa shape index (κ1) is 26.7. The lowest BCUT2D eigenvalue weighted by molar-refractivity contribution is -0.121. The van der Waals surface area contributed by atoms with E-state index in [-0.39, 0.29) is 59.3 Å². The summed E-state index contributed by atoms with van der Waals surface area (Å²) in [6.07, 6.45) is 2.78. The van der Waals surface area contributed by atoms with Gasteiger partial charge in [0.15, 0.2) is 15.8 Å². The molecule has 1 fully saturated rings. The van der Waals surface area contributed by atoms with Gasteiger partial charge >= 0.3 is 0 Å². The van der Waals surface area contributed by atoms with Crippen LogP contribution in [0.2, 0.25) is 0 Å². The van der Waals surface area contributed by atoms with Crippen molar-refractivity contribution in [1.82, 2.24) is 16.0 Å². The molecule has 0 spiro atoms. The van der Waals surface area contributed by atoms with Gasteiger partial charge in [0.25, 0.3) is 0 Å². The molecule has 1 aromatic carbocycles. The molecule has 1 aliphatic rings. The van der Waals surface area contributed by atoms with E-state index in [1.165, 1.54) is 5.56 Å². The van der Waals surface area contributed by atoms with Gasteiger partial charge in [0.2, 0.25) is 5.91 Å². The molecule has 170 valence electrons. The number of benzene rings is 1. The largest absolute Gasteiger partial charge is 0.356 e. The van der Waals surface area contributed by atoms with Gasteiger partial charge in [-0.1, -0.05) is 44.2 Å². The lowest BCUT2D eigenvalue weighted by Gasteiger charge is -2.33. The number of aliphatic imine (C=N–C) groups is 1. The fraction of sp³-hybridized carbons (Fsp3) is 0.619. The predicted octanol–water partition coefficient (Wildman–Crippen LogP) is 2.22. The average molecular weight is 551 g/mol. The van der Waals surface area contributed by atoms with Crippen LogP contribution in [0.25, 0.3) is 0 Å². The van der Waals surface area contributed by atoms with Crippen molar-refractivity contribution in [2.24, 2.45) is 4.99 Å². The number of nitrogens with zero attached hydrogens (tertiary/aromatic N) is 1. The number of rotatable bonds is 9. The predicted molar refractivity (Wildman–Crippen MR) is 133 cm³/mol. The summed E-state index contributed by atoms with van der Waals surface area (Å²) in [6, 6.07) is 10.2. The normalized spacial score (nSPS) is 18.4. The zero-order valence-electron chi connectivity index (χ0n) is 18.1. The molecule has 9 heteroatoms. The second kappa shape index (κ2) is 12.5. The Morgan fingerprint density at radius 1 is 1.17 bits per heavy atom. The van der Waals surface area contributed by atoms with Gasteiger partial charge in [0.1, 0.15) is 0 Å². The van der Waals surface area contributed by atoms with Gasteiger partial charge in [-0.3, -0.25) is 9.79 Å².